The number of rotatable bonds is 3. The maximum Gasteiger partial charge on any atom is 0.242 e. The van der Waals surface area contributed by atoms with Gasteiger partial charge in [-0.2, -0.15) is 15.1 Å². The number of benzene rings is 1. The average molecular weight is 356 g/mol. The predicted molar refractivity (Wildman–Crippen MR) is 78.7 cm³/mol. The van der Waals surface area contributed by atoms with Crippen molar-refractivity contribution in [1.29, 1.82) is 0 Å². The van der Waals surface area contributed by atoms with E-state index in [2.05, 4.69) is 41.5 Å². The van der Waals surface area contributed by atoms with E-state index in [0.717, 1.165) is 0 Å². The van der Waals surface area contributed by atoms with E-state index >= 15 is 0 Å². The lowest BCUT2D eigenvalue weighted by Crippen LogP contribution is -2.10. The number of halogens is 2. The molecule has 9 heteroatoms. The second kappa shape index (κ2) is 5.23. The van der Waals surface area contributed by atoms with Crippen LogP contribution in [0, 0.1) is 0 Å². The highest BCUT2D eigenvalue weighted by Crippen LogP contribution is 2.33. The SMILES string of the molecule is NNc1nc(Oc2ccc(Cl)cc2Br)c2cn[nH]c2n1. The van der Waals surface area contributed by atoms with Gasteiger partial charge < -0.3 is 4.74 Å². The van der Waals surface area contributed by atoms with E-state index in [1.165, 1.54) is 0 Å². The van der Waals surface area contributed by atoms with E-state index < -0.39 is 0 Å². The molecule has 0 aliphatic carbocycles. The number of hydrogen-bond donors (Lipinski definition) is 3. The number of aromatic nitrogens is 4. The van der Waals surface area contributed by atoms with Crippen LogP contribution in [0.3, 0.4) is 0 Å². The molecule has 0 bridgehead atoms. The Balaban J connectivity index is 2.07. The number of nitrogens with one attached hydrogen (secondary N) is 2. The first kappa shape index (κ1) is 13.1. The van der Waals surface area contributed by atoms with Gasteiger partial charge in [-0.15, -0.1) is 0 Å². The van der Waals surface area contributed by atoms with Crippen molar-refractivity contribution in [3.63, 3.8) is 0 Å². The lowest BCUT2D eigenvalue weighted by Gasteiger charge is -2.09. The van der Waals surface area contributed by atoms with Crippen molar-refractivity contribution in [3.8, 4) is 11.6 Å². The maximum absolute atomic E-state index is 5.89. The molecule has 102 valence electrons. The number of aromatic amines is 1. The number of nitrogens with zero attached hydrogens (tertiary/aromatic N) is 3. The molecule has 0 unspecified atom stereocenters. The van der Waals surface area contributed by atoms with Crippen molar-refractivity contribution >= 4 is 44.5 Å². The molecule has 1 aromatic carbocycles. The molecule has 7 nitrogen and oxygen atoms in total. The van der Waals surface area contributed by atoms with Crippen molar-refractivity contribution in [2.24, 2.45) is 5.84 Å². The molecule has 0 aliphatic heterocycles. The summed E-state index contributed by atoms with van der Waals surface area (Å²) in [6.45, 7) is 0. The van der Waals surface area contributed by atoms with E-state index in [-0.39, 0.29) is 5.95 Å². The normalized spacial score (nSPS) is 10.8. The van der Waals surface area contributed by atoms with Crippen molar-refractivity contribution in [2.75, 3.05) is 5.43 Å². The first-order valence-electron chi connectivity index (χ1n) is 5.48. The van der Waals surface area contributed by atoms with Gasteiger partial charge in [-0.1, -0.05) is 11.6 Å². The Kier molecular flexibility index (Phi) is 3.43. The Morgan fingerprint density at radius 2 is 2.20 bits per heavy atom. The zero-order valence-electron chi connectivity index (χ0n) is 9.89. The van der Waals surface area contributed by atoms with Gasteiger partial charge in [-0.05, 0) is 34.1 Å². The van der Waals surface area contributed by atoms with Gasteiger partial charge in [-0.3, -0.25) is 10.5 Å². The molecule has 4 N–H and O–H groups in total. The van der Waals surface area contributed by atoms with Gasteiger partial charge in [0, 0.05) is 5.02 Å². The summed E-state index contributed by atoms with van der Waals surface area (Å²) in [5.41, 5.74) is 2.90. The molecular formula is C11H8BrClN6O. The lowest BCUT2D eigenvalue weighted by atomic mass is 10.3. The number of anilines is 1. The van der Waals surface area contributed by atoms with Crippen LogP contribution in [0.5, 0.6) is 11.6 Å². The van der Waals surface area contributed by atoms with E-state index in [9.17, 15) is 0 Å². The van der Waals surface area contributed by atoms with Gasteiger partial charge in [-0.25, -0.2) is 5.84 Å². The minimum atomic E-state index is 0.224. The van der Waals surface area contributed by atoms with Crippen molar-refractivity contribution in [1.82, 2.24) is 20.2 Å². The first-order valence-corrected chi connectivity index (χ1v) is 6.65. The van der Waals surface area contributed by atoms with Gasteiger partial charge in [0.1, 0.15) is 11.1 Å². The summed E-state index contributed by atoms with van der Waals surface area (Å²) in [7, 11) is 0. The third-order valence-electron chi connectivity index (χ3n) is 2.50. The number of ether oxygens (including phenoxy) is 1. The average Bonchev–Trinajstić information content (AvgIpc) is 2.90. The van der Waals surface area contributed by atoms with Crippen LogP contribution in [0.2, 0.25) is 5.02 Å². The molecule has 0 aliphatic rings. The van der Waals surface area contributed by atoms with Crippen LogP contribution < -0.4 is 16.0 Å². The Hall–Kier alpha value is -1.90. The second-order valence-corrected chi connectivity index (χ2v) is 5.10. The molecule has 0 saturated heterocycles. The summed E-state index contributed by atoms with van der Waals surface area (Å²) < 4.78 is 6.48. The summed E-state index contributed by atoms with van der Waals surface area (Å²) in [5, 5.41) is 7.89. The smallest absolute Gasteiger partial charge is 0.242 e. The summed E-state index contributed by atoms with van der Waals surface area (Å²) in [5.74, 6) is 6.46. The van der Waals surface area contributed by atoms with Crippen LogP contribution in [0.4, 0.5) is 5.95 Å². The third kappa shape index (κ3) is 2.40. The highest BCUT2D eigenvalue weighted by molar-refractivity contribution is 9.10. The molecule has 0 spiro atoms. The van der Waals surface area contributed by atoms with Gasteiger partial charge in [0.25, 0.3) is 0 Å². The largest absolute Gasteiger partial charge is 0.437 e. The van der Waals surface area contributed by atoms with Crippen LogP contribution in [0.25, 0.3) is 11.0 Å². The molecule has 0 fully saturated rings. The number of hydrogen-bond acceptors (Lipinski definition) is 6. The third-order valence-corrected chi connectivity index (χ3v) is 3.36. The Morgan fingerprint density at radius 3 is 2.95 bits per heavy atom. The number of fused-ring (bicyclic) bond motifs is 1. The van der Waals surface area contributed by atoms with Crippen LogP contribution in [-0.4, -0.2) is 20.2 Å². The van der Waals surface area contributed by atoms with Gasteiger partial charge in [0.2, 0.25) is 11.8 Å². The Bertz CT molecular complexity index is 777. The Labute approximate surface area is 126 Å². The predicted octanol–water partition coefficient (Wildman–Crippen LogP) is 2.85. The minimum Gasteiger partial charge on any atom is -0.437 e. The van der Waals surface area contributed by atoms with Gasteiger partial charge in [0.05, 0.1) is 10.7 Å². The van der Waals surface area contributed by atoms with Gasteiger partial charge in [0.15, 0.2) is 5.65 Å². The number of hydrazine groups is 1. The van der Waals surface area contributed by atoms with Crippen molar-refractivity contribution in [2.45, 2.75) is 0 Å². The molecule has 3 aromatic rings. The van der Waals surface area contributed by atoms with Crippen LogP contribution in [-0.2, 0) is 0 Å². The summed E-state index contributed by atoms with van der Waals surface area (Å²) >= 11 is 9.27. The molecule has 0 amide bonds. The first-order chi connectivity index (χ1) is 9.67. The van der Waals surface area contributed by atoms with E-state index in [4.69, 9.17) is 22.2 Å². The molecule has 0 atom stereocenters. The molecular weight excluding hydrogens is 348 g/mol. The van der Waals surface area contributed by atoms with Crippen LogP contribution >= 0.6 is 27.5 Å². The molecule has 20 heavy (non-hydrogen) atoms. The highest BCUT2D eigenvalue weighted by Gasteiger charge is 2.12. The zero-order valence-corrected chi connectivity index (χ0v) is 12.2. The summed E-state index contributed by atoms with van der Waals surface area (Å²) in [4.78, 5) is 8.28. The van der Waals surface area contributed by atoms with E-state index in [1.54, 1.807) is 24.4 Å². The molecule has 3 rings (SSSR count). The molecule has 0 radical (unpaired) electrons. The van der Waals surface area contributed by atoms with E-state index in [1.807, 2.05) is 0 Å². The number of nitrogens with two attached hydrogens (primary N) is 1. The topological polar surface area (TPSA) is 102 Å². The maximum atomic E-state index is 5.89. The van der Waals surface area contributed by atoms with Crippen molar-refractivity contribution < 1.29 is 4.74 Å². The van der Waals surface area contributed by atoms with Crippen LogP contribution in [0.15, 0.2) is 28.9 Å². The highest BCUT2D eigenvalue weighted by atomic mass is 79.9. The Morgan fingerprint density at radius 1 is 1.35 bits per heavy atom. The van der Waals surface area contributed by atoms with Gasteiger partial charge >= 0.3 is 0 Å². The van der Waals surface area contributed by atoms with Crippen molar-refractivity contribution in [3.05, 3.63) is 33.9 Å². The molecule has 0 saturated carbocycles. The molecule has 2 aromatic heterocycles. The monoisotopic (exact) mass is 354 g/mol. The van der Waals surface area contributed by atoms with E-state index in [0.29, 0.717) is 32.2 Å². The minimum absolute atomic E-state index is 0.224. The number of nitrogen functional groups attached to an aromatic ring is 1. The summed E-state index contributed by atoms with van der Waals surface area (Å²) in [6, 6.07) is 5.18. The zero-order chi connectivity index (χ0) is 14.1. The fraction of sp³-hybridized carbons (Fsp3) is 0. The quantitative estimate of drug-likeness (QED) is 0.493. The lowest BCUT2D eigenvalue weighted by molar-refractivity contribution is 0.466. The summed E-state index contributed by atoms with van der Waals surface area (Å²) in [6.07, 6.45) is 1.58. The molecule has 2 heterocycles. The number of H-pyrrole nitrogens is 1. The second-order valence-electron chi connectivity index (χ2n) is 3.81. The fourth-order valence-electron chi connectivity index (χ4n) is 1.61. The standard InChI is InChI=1S/C11H8BrClN6O/c12-7-3-5(13)1-2-8(7)20-10-6-4-15-19-9(6)16-11(17-10)18-14/h1-4H,14H2,(H2,15,16,17,18,19). The fourth-order valence-corrected chi connectivity index (χ4v) is 2.38. The van der Waals surface area contributed by atoms with Crippen LogP contribution in [0.1, 0.15) is 0 Å².